The topological polar surface area (TPSA) is 61.8 Å². The van der Waals surface area contributed by atoms with Crippen molar-refractivity contribution in [2.24, 2.45) is 5.41 Å². The van der Waals surface area contributed by atoms with Gasteiger partial charge >= 0.3 is 5.97 Å². The molecule has 0 radical (unpaired) electrons. The molecule has 0 amide bonds. The Bertz CT molecular complexity index is 595. The first-order valence-electron chi connectivity index (χ1n) is 7.12. The average Bonchev–Trinajstić information content (AvgIpc) is 2.48. The van der Waals surface area contributed by atoms with Gasteiger partial charge in [-0.3, -0.25) is 0 Å². The van der Waals surface area contributed by atoms with Gasteiger partial charge in [-0.05, 0) is 30.7 Å². The van der Waals surface area contributed by atoms with E-state index in [1.165, 1.54) is 6.26 Å². The van der Waals surface area contributed by atoms with Crippen LogP contribution in [-0.4, -0.2) is 34.5 Å². The van der Waals surface area contributed by atoms with Crippen LogP contribution >= 0.6 is 0 Å². The van der Waals surface area contributed by atoms with Crippen LogP contribution in [0.15, 0.2) is 29.2 Å². The third-order valence-corrected chi connectivity index (χ3v) is 5.25. The highest BCUT2D eigenvalue weighted by atomic mass is 32.2. The van der Waals surface area contributed by atoms with Crippen LogP contribution in [0.5, 0.6) is 0 Å². The van der Waals surface area contributed by atoms with Crippen LogP contribution in [0, 0.1) is 5.41 Å². The summed E-state index contributed by atoms with van der Waals surface area (Å²) < 4.78 is 40.5. The van der Waals surface area contributed by atoms with Gasteiger partial charge in [-0.25, -0.2) is 8.42 Å². The first-order valence-corrected chi connectivity index (χ1v) is 9.01. The molecule has 0 aromatic heterocycles. The number of fused-ring (bicyclic) bond motifs is 3. The average molecular weight is 312 g/mol. The first-order chi connectivity index (χ1) is 9.89. The lowest BCUT2D eigenvalue weighted by molar-refractivity contribution is -0.480. The SMILES string of the molecule is CCCC12COC(c3ccc(S(C)(=O)=O)cc3)(OC1)OC2. The predicted molar refractivity (Wildman–Crippen MR) is 76.4 cm³/mol. The Morgan fingerprint density at radius 2 is 1.57 bits per heavy atom. The van der Waals surface area contributed by atoms with Crippen molar-refractivity contribution in [2.45, 2.75) is 30.6 Å². The quantitative estimate of drug-likeness (QED) is 0.851. The van der Waals surface area contributed by atoms with Crippen LogP contribution in [-0.2, 0) is 30.0 Å². The van der Waals surface area contributed by atoms with E-state index in [0.29, 0.717) is 25.4 Å². The molecule has 3 fully saturated rings. The molecule has 0 saturated carbocycles. The van der Waals surface area contributed by atoms with Gasteiger partial charge in [0.25, 0.3) is 0 Å². The van der Waals surface area contributed by atoms with Crippen LogP contribution in [0.25, 0.3) is 0 Å². The second-order valence-electron chi connectivity index (χ2n) is 5.97. The second-order valence-corrected chi connectivity index (χ2v) is 7.98. The van der Waals surface area contributed by atoms with E-state index in [0.717, 1.165) is 12.8 Å². The van der Waals surface area contributed by atoms with Crippen molar-refractivity contribution in [3.8, 4) is 0 Å². The van der Waals surface area contributed by atoms with Gasteiger partial charge in [0, 0.05) is 17.2 Å². The van der Waals surface area contributed by atoms with Gasteiger partial charge in [-0.2, -0.15) is 0 Å². The molecule has 4 rings (SSSR count). The molecule has 0 aliphatic carbocycles. The van der Waals surface area contributed by atoms with E-state index in [4.69, 9.17) is 14.2 Å². The highest BCUT2D eigenvalue weighted by Crippen LogP contribution is 2.46. The molecule has 1 aromatic rings. The minimum Gasteiger partial charge on any atom is -0.323 e. The summed E-state index contributed by atoms with van der Waals surface area (Å²) in [4.78, 5) is 0.273. The lowest BCUT2D eigenvalue weighted by Gasteiger charge is -2.51. The van der Waals surface area contributed by atoms with Gasteiger partial charge in [-0.1, -0.05) is 13.3 Å². The molecule has 6 heteroatoms. The van der Waals surface area contributed by atoms with Crippen LogP contribution in [0.1, 0.15) is 25.3 Å². The van der Waals surface area contributed by atoms with Crippen molar-refractivity contribution >= 4 is 9.84 Å². The van der Waals surface area contributed by atoms with Crippen LogP contribution in [0.4, 0.5) is 0 Å². The molecule has 3 aliphatic rings. The molecule has 3 saturated heterocycles. The minimum absolute atomic E-state index is 0.0385. The Balaban J connectivity index is 1.83. The van der Waals surface area contributed by atoms with E-state index >= 15 is 0 Å². The van der Waals surface area contributed by atoms with Crippen LogP contribution in [0.3, 0.4) is 0 Å². The van der Waals surface area contributed by atoms with Crippen molar-refractivity contribution in [3.63, 3.8) is 0 Å². The fraction of sp³-hybridized carbons (Fsp3) is 0.600. The molecule has 0 N–H and O–H groups in total. The smallest absolute Gasteiger partial charge is 0.312 e. The van der Waals surface area contributed by atoms with Gasteiger partial charge in [0.15, 0.2) is 9.84 Å². The lowest BCUT2D eigenvalue weighted by Crippen LogP contribution is -2.58. The Hall–Kier alpha value is -0.950. The zero-order chi connectivity index (χ0) is 15.1. The summed E-state index contributed by atoms with van der Waals surface area (Å²) in [6.07, 6.45) is 3.26. The number of sulfone groups is 1. The molecule has 0 unspecified atom stereocenters. The fourth-order valence-corrected chi connectivity index (χ4v) is 3.53. The molecule has 3 heterocycles. The number of hydrogen-bond acceptors (Lipinski definition) is 5. The van der Waals surface area contributed by atoms with Crippen molar-refractivity contribution in [3.05, 3.63) is 29.8 Å². The monoisotopic (exact) mass is 312 g/mol. The molecule has 5 nitrogen and oxygen atoms in total. The Morgan fingerprint density at radius 1 is 1.05 bits per heavy atom. The molecule has 116 valence electrons. The Morgan fingerprint density at radius 3 is 2.00 bits per heavy atom. The van der Waals surface area contributed by atoms with E-state index in [1.807, 2.05) is 0 Å². The largest absolute Gasteiger partial charge is 0.323 e. The van der Waals surface area contributed by atoms with Gasteiger partial charge in [0.1, 0.15) is 0 Å². The molecule has 2 bridgehead atoms. The van der Waals surface area contributed by atoms with Crippen LogP contribution in [0.2, 0.25) is 0 Å². The second kappa shape index (κ2) is 5.05. The maximum atomic E-state index is 11.5. The number of ether oxygens (including phenoxy) is 3. The summed E-state index contributed by atoms with van der Waals surface area (Å²) in [5.41, 5.74) is 0.656. The summed E-state index contributed by atoms with van der Waals surface area (Å²) in [6.45, 7) is 3.95. The standard InChI is InChI=1S/C15H20O5S/c1-3-8-14-9-18-15(19-10-14,20-11-14)12-4-6-13(7-5-12)21(2,16)17/h4-7H,3,8-11H2,1-2H3. The molecule has 21 heavy (non-hydrogen) atoms. The van der Waals surface area contributed by atoms with Crippen molar-refractivity contribution in [1.29, 1.82) is 0 Å². The number of rotatable bonds is 4. The van der Waals surface area contributed by atoms with E-state index in [2.05, 4.69) is 6.92 Å². The van der Waals surface area contributed by atoms with E-state index in [-0.39, 0.29) is 10.3 Å². The summed E-state index contributed by atoms with van der Waals surface area (Å²) in [5, 5.41) is 0. The van der Waals surface area contributed by atoms with Gasteiger partial charge in [-0.15, -0.1) is 0 Å². The highest BCUT2D eigenvalue weighted by Gasteiger charge is 2.53. The molecule has 0 spiro atoms. The summed E-state index contributed by atoms with van der Waals surface area (Å²) in [6, 6.07) is 6.49. The number of benzene rings is 1. The van der Waals surface area contributed by atoms with E-state index in [1.54, 1.807) is 24.3 Å². The number of hydrogen-bond donors (Lipinski definition) is 0. The molecule has 1 aromatic carbocycles. The van der Waals surface area contributed by atoms with Crippen LogP contribution < -0.4 is 0 Å². The van der Waals surface area contributed by atoms with Crippen molar-refractivity contribution in [2.75, 3.05) is 26.1 Å². The van der Waals surface area contributed by atoms with Gasteiger partial charge in [0.05, 0.1) is 24.7 Å². The van der Waals surface area contributed by atoms with Crippen molar-refractivity contribution in [1.82, 2.24) is 0 Å². The van der Waals surface area contributed by atoms with Gasteiger partial charge in [0.2, 0.25) is 0 Å². The highest BCUT2D eigenvalue weighted by molar-refractivity contribution is 7.90. The zero-order valence-corrected chi connectivity index (χ0v) is 13.1. The lowest BCUT2D eigenvalue weighted by atomic mass is 9.84. The maximum absolute atomic E-state index is 11.5. The fourth-order valence-electron chi connectivity index (χ4n) is 2.90. The first kappa shape index (κ1) is 15.0. The maximum Gasteiger partial charge on any atom is 0.312 e. The van der Waals surface area contributed by atoms with Crippen molar-refractivity contribution < 1.29 is 22.6 Å². The van der Waals surface area contributed by atoms with E-state index < -0.39 is 15.8 Å². The third-order valence-electron chi connectivity index (χ3n) is 4.12. The minimum atomic E-state index is -3.21. The van der Waals surface area contributed by atoms with E-state index in [9.17, 15) is 8.42 Å². The third kappa shape index (κ3) is 2.61. The Kier molecular flexibility index (Phi) is 3.60. The molecular weight excluding hydrogens is 292 g/mol. The normalized spacial score (nSPS) is 32.3. The molecule has 3 aliphatic heterocycles. The summed E-state index contributed by atoms with van der Waals surface area (Å²) >= 11 is 0. The molecular formula is C15H20O5S. The molecule has 0 atom stereocenters. The zero-order valence-electron chi connectivity index (χ0n) is 12.3. The summed E-state index contributed by atoms with van der Waals surface area (Å²) in [5.74, 6) is -1.18. The van der Waals surface area contributed by atoms with Gasteiger partial charge < -0.3 is 14.2 Å². The Labute approximate surface area is 125 Å². The summed E-state index contributed by atoms with van der Waals surface area (Å²) in [7, 11) is -3.21. The predicted octanol–water partition coefficient (Wildman–Crippen LogP) is 2.06.